The van der Waals surface area contributed by atoms with Crippen LogP contribution in [0.2, 0.25) is 0 Å². The first-order valence-electron chi connectivity index (χ1n) is 6.37. The van der Waals surface area contributed by atoms with Gasteiger partial charge in [0.15, 0.2) is 0 Å². The number of rotatable bonds is 7. The van der Waals surface area contributed by atoms with E-state index in [1.807, 2.05) is 18.2 Å². The molecule has 1 atom stereocenters. The van der Waals surface area contributed by atoms with E-state index in [1.165, 1.54) is 0 Å². The van der Waals surface area contributed by atoms with Crippen molar-refractivity contribution in [1.82, 2.24) is 4.90 Å². The molecule has 0 spiro atoms. The number of likely N-dealkylation sites (N-methyl/N-ethyl adjacent to an activating group) is 1. The summed E-state index contributed by atoms with van der Waals surface area (Å²) in [5, 5.41) is 0. The first-order valence-corrected chi connectivity index (χ1v) is 6.37. The fourth-order valence-electron chi connectivity index (χ4n) is 2.24. The van der Waals surface area contributed by atoms with E-state index in [9.17, 15) is 0 Å². The number of benzene rings is 1. The van der Waals surface area contributed by atoms with Crippen molar-refractivity contribution in [2.24, 2.45) is 5.73 Å². The zero-order valence-corrected chi connectivity index (χ0v) is 11.8. The maximum Gasteiger partial charge on any atom is 0.123 e. The predicted octanol–water partition coefficient (Wildman–Crippen LogP) is 2.05. The van der Waals surface area contributed by atoms with Crippen LogP contribution >= 0.6 is 0 Å². The lowest BCUT2D eigenvalue weighted by molar-refractivity contribution is 0.219. The van der Waals surface area contributed by atoms with Crippen molar-refractivity contribution >= 4 is 0 Å². The van der Waals surface area contributed by atoms with Gasteiger partial charge in [-0.15, -0.1) is 0 Å². The number of nitrogens with zero attached hydrogens (tertiary/aromatic N) is 1. The molecule has 0 aliphatic carbocycles. The molecule has 0 saturated heterocycles. The van der Waals surface area contributed by atoms with Gasteiger partial charge in [0.2, 0.25) is 0 Å². The Labute approximate surface area is 110 Å². The fourth-order valence-corrected chi connectivity index (χ4v) is 2.24. The molecule has 0 aliphatic heterocycles. The van der Waals surface area contributed by atoms with Gasteiger partial charge in [0.25, 0.3) is 0 Å². The summed E-state index contributed by atoms with van der Waals surface area (Å²) >= 11 is 0. The summed E-state index contributed by atoms with van der Waals surface area (Å²) in [5.74, 6) is 1.69. The third-order valence-corrected chi connectivity index (χ3v) is 3.27. The van der Waals surface area contributed by atoms with Crippen LogP contribution in [0.1, 0.15) is 25.5 Å². The minimum Gasteiger partial charge on any atom is -0.497 e. The van der Waals surface area contributed by atoms with E-state index < -0.39 is 0 Å². The predicted molar refractivity (Wildman–Crippen MR) is 74.3 cm³/mol. The molecule has 0 aromatic heterocycles. The van der Waals surface area contributed by atoms with Crippen LogP contribution in [0.15, 0.2) is 18.2 Å². The molecule has 0 saturated carbocycles. The summed E-state index contributed by atoms with van der Waals surface area (Å²) in [6.45, 7) is 6.75. The first kappa shape index (κ1) is 14.8. The Morgan fingerprint density at radius 3 is 2.28 bits per heavy atom. The Morgan fingerprint density at radius 1 is 1.17 bits per heavy atom. The number of ether oxygens (including phenoxy) is 2. The second-order valence-electron chi connectivity index (χ2n) is 4.08. The summed E-state index contributed by atoms with van der Waals surface area (Å²) in [7, 11) is 3.35. The third-order valence-electron chi connectivity index (χ3n) is 3.27. The van der Waals surface area contributed by atoms with E-state index in [2.05, 4.69) is 18.7 Å². The minimum atomic E-state index is 0.157. The lowest BCUT2D eigenvalue weighted by Crippen LogP contribution is -2.33. The topological polar surface area (TPSA) is 47.7 Å². The molecule has 0 amide bonds. The Bertz CT molecular complexity index is 365. The molecular weight excluding hydrogens is 228 g/mol. The lowest BCUT2D eigenvalue weighted by atomic mass is 10.0. The average Bonchev–Trinajstić information content (AvgIpc) is 2.43. The molecule has 0 radical (unpaired) electrons. The molecular formula is C14H24N2O2. The SMILES string of the molecule is CCN(CC)C(CN)c1cc(OC)ccc1OC. The van der Waals surface area contributed by atoms with Gasteiger partial charge in [-0.2, -0.15) is 0 Å². The van der Waals surface area contributed by atoms with Crippen molar-refractivity contribution in [3.63, 3.8) is 0 Å². The van der Waals surface area contributed by atoms with Crippen molar-refractivity contribution < 1.29 is 9.47 Å². The van der Waals surface area contributed by atoms with E-state index in [0.29, 0.717) is 6.54 Å². The van der Waals surface area contributed by atoms with E-state index in [4.69, 9.17) is 15.2 Å². The van der Waals surface area contributed by atoms with Crippen LogP contribution in [0.4, 0.5) is 0 Å². The van der Waals surface area contributed by atoms with Crippen molar-refractivity contribution in [2.45, 2.75) is 19.9 Å². The molecule has 4 nitrogen and oxygen atoms in total. The maximum absolute atomic E-state index is 5.93. The molecule has 0 heterocycles. The quantitative estimate of drug-likeness (QED) is 0.807. The summed E-state index contributed by atoms with van der Waals surface area (Å²) in [6.07, 6.45) is 0. The van der Waals surface area contributed by atoms with E-state index >= 15 is 0 Å². The highest BCUT2D eigenvalue weighted by atomic mass is 16.5. The van der Waals surface area contributed by atoms with Crippen LogP contribution < -0.4 is 15.2 Å². The average molecular weight is 252 g/mol. The van der Waals surface area contributed by atoms with Crippen molar-refractivity contribution in [1.29, 1.82) is 0 Å². The summed E-state index contributed by atoms with van der Waals surface area (Å²) in [4.78, 5) is 2.32. The molecule has 102 valence electrons. The summed E-state index contributed by atoms with van der Waals surface area (Å²) in [6, 6.07) is 6.00. The molecule has 0 aliphatic rings. The van der Waals surface area contributed by atoms with Gasteiger partial charge in [-0.3, -0.25) is 4.90 Å². The van der Waals surface area contributed by atoms with E-state index in [-0.39, 0.29) is 6.04 Å². The standard InChI is InChI=1S/C14H24N2O2/c1-5-16(6-2)13(10-15)12-9-11(17-3)7-8-14(12)18-4/h7-9,13H,5-6,10,15H2,1-4H3. The monoisotopic (exact) mass is 252 g/mol. The number of hydrogen-bond acceptors (Lipinski definition) is 4. The second-order valence-corrected chi connectivity index (χ2v) is 4.08. The van der Waals surface area contributed by atoms with Gasteiger partial charge in [0.05, 0.1) is 20.3 Å². The maximum atomic E-state index is 5.93. The van der Waals surface area contributed by atoms with Crippen molar-refractivity contribution in [3.05, 3.63) is 23.8 Å². The van der Waals surface area contributed by atoms with Gasteiger partial charge < -0.3 is 15.2 Å². The van der Waals surface area contributed by atoms with Crippen LogP contribution in [0.5, 0.6) is 11.5 Å². The van der Waals surface area contributed by atoms with Gasteiger partial charge in [0, 0.05) is 12.1 Å². The van der Waals surface area contributed by atoms with Crippen molar-refractivity contribution in [3.8, 4) is 11.5 Å². The van der Waals surface area contributed by atoms with Gasteiger partial charge >= 0.3 is 0 Å². The highest BCUT2D eigenvalue weighted by Gasteiger charge is 2.20. The van der Waals surface area contributed by atoms with Crippen LogP contribution in [-0.4, -0.2) is 38.8 Å². The Kier molecular flexibility index (Phi) is 5.95. The molecule has 0 fully saturated rings. The molecule has 2 N–H and O–H groups in total. The van der Waals surface area contributed by atoms with Crippen LogP contribution in [0.3, 0.4) is 0 Å². The number of hydrogen-bond donors (Lipinski definition) is 1. The van der Waals surface area contributed by atoms with Gasteiger partial charge in [0.1, 0.15) is 11.5 Å². The number of methoxy groups -OCH3 is 2. The van der Waals surface area contributed by atoms with E-state index in [0.717, 1.165) is 30.2 Å². The fraction of sp³-hybridized carbons (Fsp3) is 0.571. The van der Waals surface area contributed by atoms with E-state index in [1.54, 1.807) is 14.2 Å². The Balaban J connectivity index is 3.16. The van der Waals surface area contributed by atoms with Gasteiger partial charge in [-0.1, -0.05) is 13.8 Å². The Morgan fingerprint density at radius 2 is 1.83 bits per heavy atom. The second kappa shape index (κ2) is 7.24. The third kappa shape index (κ3) is 3.15. The normalized spacial score (nSPS) is 12.6. The molecule has 4 heteroatoms. The largest absolute Gasteiger partial charge is 0.497 e. The molecule has 1 aromatic rings. The van der Waals surface area contributed by atoms with Crippen molar-refractivity contribution in [2.75, 3.05) is 33.9 Å². The van der Waals surface area contributed by atoms with Crippen LogP contribution in [0, 0.1) is 0 Å². The summed E-state index contributed by atoms with van der Waals surface area (Å²) in [5.41, 5.74) is 7.02. The minimum absolute atomic E-state index is 0.157. The Hall–Kier alpha value is -1.26. The lowest BCUT2D eigenvalue weighted by Gasteiger charge is -2.30. The first-order chi connectivity index (χ1) is 8.71. The van der Waals surface area contributed by atoms with Crippen LogP contribution in [-0.2, 0) is 0 Å². The smallest absolute Gasteiger partial charge is 0.123 e. The molecule has 1 aromatic carbocycles. The highest BCUT2D eigenvalue weighted by molar-refractivity contribution is 5.42. The molecule has 0 bridgehead atoms. The zero-order chi connectivity index (χ0) is 13.5. The molecule has 1 rings (SSSR count). The molecule has 18 heavy (non-hydrogen) atoms. The van der Waals surface area contributed by atoms with Crippen LogP contribution in [0.25, 0.3) is 0 Å². The van der Waals surface area contributed by atoms with Gasteiger partial charge in [-0.25, -0.2) is 0 Å². The molecule has 1 unspecified atom stereocenters. The highest BCUT2D eigenvalue weighted by Crippen LogP contribution is 2.32. The summed E-state index contributed by atoms with van der Waals surface area (Å²) < 4.78 is 10.7. The number of nitrogens with two attached hydrogens (primary N) is 1. The zero-order valence-electron chi connectivity index (χ0n) is 11.8. The van der Waals surface area contributed by atoms with Gasteiger partial charge in [-0.05, 0) is 31.3 Å².